The Bertz CT molecular complexity index is 337. The Morgan fingerprint density at radius 3 is 2.22 bits per heavy atom. The van der Waals surface area contributed by atoms with Gasteiger partial charge in [0.1, 0.15) is 0 Å². The third-order valence-corrected chi connectivity index (χ3v) is 3.82. The molecule has 0 aromatic heterocycles. The van der Waals surface area contributed by atoms with Crippen LogP contribution in [-0.2, 0) is 5.41 Å². The van der Waals surface area contributed by atoms with Crippen LogP contribution in [0.15, 0.2) is 24.3 Å². The SMILES string of the molecule is CCCNC(CSC)c1ccc(C(C)(C)C)cc1. The van der Waals surface area contributed by atoms with Crippen molar-refractivity contribution in [3.8, 4) is 0 Å². The van der Waals surface area contributed by atoms with E-state index < -0.39 is 0 Å². The van der Waals surface area contributed by atoms with Crippen LogP contribution < -0.4 is 5.32 Å². The number of benzene rings is 1. The lowest BCUT2D eigenvalue weighted by atomic mass is 9.86. The first-order valence-electron chi connectivity index (χ1n) is 6.81. The van der Waals surface area contributed by atoms with Crippen LogP contribution in [0.4, 0.5) is 0 Å². The van der Waals surface area contributed by atoms with Gasteiger partial charge in [-0.3, -0.25) is 0 Å². The molecule has 0 bridgehead atoms. The molecule has 1 atom stereocenters. The molecule has 0 saturated carbocycles. The molecule has 1 nitrogen and oxygen atoms in total. The zero-order valence-electron chi connectivity index (χ0n) is 12.4. The Balaban J connectivity index is 2.79. The van der Waals surface area contributed by atoms with Crippen LogP contribution in [0.1, 0.15) is 51.3 Å². The fourth-order valence-corrected chi connectivity index (χ4v) is 2.62. The number of hydrogen-bond acceptors (Lipinski definition) is 2. The molecule has 1 rings (SSSR count). The van der Waals surface area contributed by atoms with Gasteiger partial charge in [0.15, 0.2) is 0 Å². The van der Waals surface area contributed by atoms with Gasteiger partial charge in [0, 0.05) is 11.8 Å². The van der Waals surface area contributed by atoms with E-state index in [1.54, 1.807) is 0 Å². The van der Waals surface area contributed by atoms with Gasteiger partial charge in [-0.15, -0.1) is 0 Å². The zero-order chi connectivity index (χ0) is 13.6. The minimum atomic E-state index is 0.240. The maximum Gasteiger partial charge on any atom is 0.0411 e. The molecule has 2 heteroatoms. The maximum absolute atomic E-state index is 3.62. The van der Waals surface area contributed by atoms with E-state index in [0.717, 1.165) is 12.3 Å². The molecule has 1 N–H and O–H groups in total. The van der Waals surface area contributed by atoms with E-state index >= 15 is 0 Å². The monoisotopic (exact) mass is 265 g/mol. The molecule has 0 saturated heterocycles. The lowest BCUT2D eigenvalue weighted by molar-refractivity contribution is 0.572. The minimum absolute atomic E-state index is 0.240. The molecule has 0 aliphatic rings. The summed E-state index contributed by atoms with van der Waals surface area (Å²) in [5.74, 6) is 1.13. The summed E-state index contributed by atoms with van der Waals surface area (Å²) < 4.78 is 0. The Kier molecular flexibility index (Phi) is 6.24. The molecular formula is C16H27NS. The standard InChI is InChI=1S/C16H27NS/c1-6-11-17-15(12-18-5)13-7-9-14(10-8-13)16(2,3)4/h7-10,15,17H,6,11-12H2,1-5H3. The van der Waals surface area contributed by atoms with E-state index in [9.17, 15) is 0 Å². The van der Waals surface area contributed by atoms with Crippen molar-refractivity contribution in [3.63, 3.8) is 0 Å². The first-order valence-corrected chi connectivity index (χ1v) is 8.21. The quantitative estimate of drug-likeness (QED) is 0.819. The van der Waals surface area contributed by atoms with Crippen molar-refractivity contribution in [1.82, 2.24) is 5.32 Å². The summed E-state index contributed by atoms with van der Waals surface area (Å²) in [6, 6.07) is 9.59. The number of rotatable bonds is 6. The average Bonchev–Trinajstić information content (AvgIpc) is 2.33. The largest absolute Gasteiger partial charge is 0.309 e. The second kappa shape index (κ2) is 7.20. The van der Waals surface area contributed by atoms with Crippen molar-refractivity contribution in [2.75, 3.05) is 18.6 Å². The Hall–Kier alpha value is -0.470. The van der Waals surface area contributed by atoms with Crippen molar-refractivity contribution < 1.29 is 0 Å². The number of thioether (sulfide) groups is 1. The van der Waals surface area contributed by atoms with Gasteiger partial charge in [-0.1, -0.05) is 52.0 Å². The van der Waals surface area contributed by atoms with Crippen molar-refractivity contribution in [2.45, 2.75) is 45.6 Å². The second-order valence-corrected chi connectivity index (χ2v) is 6.74. The molecule has 1 unspecified atom stereocenters. The third kappa shape index (κ3) is 4.66. The van der Waals surface area contributed by atoms with Crippen molar-refractivity contribution in [3.05, 3.63) is 35.4 Å². The Morgan fingerprint density at radius 1 is 1.17 bits per heavy atom. The Labute approximate surface area is 117 Å². The highest BCUT2D eigenvalue weighted by Crippen LogP contribution is 2.24. The minimum Gasteiger partial charge on any atom is -0.309 e. The summed E-state index contributed by atoms with van der Waals surface area (Å²) in [5, 5.41) is 3.62. The number of nitrogens with one attached hydrogen (secondary N) is 1. The van der Waals surface area contributed by atoms with Gasteiger partial charge >= 0.3 is 0 Å². The summed E-state index contributed by atoms with van der Waals surface area (Å²) in [7, 11) is 0. The molecule has 0 radical (unpaired) electrons. The Morgan fingerprint density at radius 2 is 1.78 bits per heavy atom. The predicted octanol–water partition coefficient (Wildman–Crippen LogP) is 4.39. The highest BCUT2D eigenvalue weighted by Gasteiger charge is 2.15. The molecule has 0 aliphatic heterocycles. The van der Waals surface area contributed by atoms with Crippen molar-refractivity contribution in [1.29, 1.82) is 0 Å². The summed E-state index contributed by atoms with van der Waals surface area (Å²) >= 11 is 1.90. The van der Waals surface area contributed by atoms with E-state index in [1.165, 1.54) is 17.5 Å². The lowest BCUT2D eigenvalue weighted by Crippen LogP contribution is -2.24. The normalized spacial score (nSPS) is 13.6. The molecule has 1 aromatic carbocycles. The fraction of sp³-hybridized carbons (Fsp3) is 0.625. The zero-order valence-corrected chi connectivity index (χ0v) is 13.2. The lowest BCUT2D eigenvalue weighted by Gasteiger charge is -2.22. The first-order chi connectivity index (χ1) is 8.49. The van der Waals surface area contributed by atoms with Gasteiger partial charge in [0.25, 0.3) is 0 Å². The van der Waals surface area contributed by atoms with Gasteiger partial charge in [-0.25, -0.2) is 0 Å². The van der Waals surface area contributed by atoms with Crippen molar-refractivity contribution >= 4 is 11.8 Å². The van der Waals surface area contributed by atoms with Crippen LogP contribution in [0.5, 0.6) is 0 Å². The summed E-state index contributed by atoms with van der Waals surface area (Å²) in [5.41, 5.74) is 3.06. The fourth-order valence-electron chi connectivity index (χ4n) is 1.97. The van der Waals surface area contributed by atoms with E-state index in [2.05, 4.69) is 63.5 Å². The summed E-state index contributed by atoms with van der Waals surface area (Å²) in [6.07, 6.45) is 3.36. The maximum atomic E-state index is 3.62. The summed E-state index contributed by atoms with van der Waals surface area (Å²) in [4.78, 5) is 0. The second-order valence-electron chi connectivity index (χ2n) is 5.83. The van der Waals surface area contributed by atoms with Crippen molar-refractivity contribution in [2.24, 2.45) is 0 Å². The van der Waals surface area contributed by atoms with Crippen LogP contribution in [0.2, 0.25) is 0 Å². The predicted molar refractivity (Wildman–Crippen MR) is 84.6 cm³/mol. The molecule has 0 aliphatic carbocycles. The van der Waals surface area contributed by atoms with Gasteiger partial charge in [0.2, 0.25) is 0 Å². The van der Waals surface area contributed by atoms with E-state index in [-0.39, 0.29) is 5.41 Å². The van der Waals surface area contributed by atoms with Crippen LogP contribution in [0, 0.1) is 0 Å². The van der Waals surface area contributed by atoms with Gasteiger partial charge in [-0.05, 0) is 35.8 Å². The van der Waals surface area contributed by atoms with Gasteiger partial charge in [0.05, 0.1) is 0 Å². The van der Waals surface area contributed by atoms with Crippen LogP contribution in [0.3, 0.4) is 0 Å². The average molecular weight is 265 g/mol. The molecule has 102 valence electrons. The van der Waals surface area contributed by atoms with Gasteiger partial charge < -0.3 is 5.32 Å². The first kappa shape index (κ1) is 15.6. The molecule has 1 aromatic rings. The van der Waals surface area contributed by atoms with E-state index in [4.69, 9.17) is 0 Å². The topological polar surface area (TPSA) is 12.0 Å². The molecule has 0 heterocycles. The molecule has 0 amide bonds. The summed E-state index contributed by atoms with van der Waals surface area (Å²) in [6.45, 7) is 10.1. The molecule has 0 spiro atoms. The molecular weight excluding hydrogens is 238 g/mol. The third-order valence-electron chi connectivity index (χ3n) is 3.15. The van der Waals surface area contributed by atoms with E-state index in [1.807, 2.05) is 11.8 Å². The molecule has 0 fully saturated rings. The smallest absolute Gasteiger partial charge is 0.0411 e. The van der Waals surface area contributed by atoms with Crippen LogP contribution in [0.25, 0.3) is 0 Å². The highest BCUT2D eigenvalue weighted by molar-refractivity contribution is 7.98. The van der Waals surface area contributed by atoms with Gasteiger partial charge in [-0.2, -0.15) is 11.8 Å². The van der Waals surface area contributed by atoms with Crippen LogP contribution in [-0.4, -0.2) is 18.6 Å². The van der Waals surface area contributed by atoms with E-state index in [0.29, 0.717) is 6.04 Å². The molecule has 18 heavy (non-hydrogen) atoms. The highest BCUT2D eigenvalue weighted by atomic mass is 32.2. The van der Waals surface area contributed by atoms with Crippen LogP contribution >= 0.6 is 11.8 Å². The number of hydrogen-bond donors (Lipinski definition) is 1.